The number of aliphatic imine (C=N–C) groups is 2. The fourth-order valence-corrected chi connectivity index (χ4v) is 7.42. The summed E-state index contributed by atoms with van der Waals surface area (Å²) in [6, 6.07) is 59.1. The Morgan fingerprint density at radius 1 is 0.308 bits per heavy atom. The topological polar surface area (TPSA) is 50.5 Å². The minimum Gasteiger partial charge on any atom is -0.254 e. The zero-order chi connectivity index (χ0) is 34.4. The Kier molecular flexibility index (Phi) is 7.10. The van der Waals surface area contributed by atoms with Crippen molar-refractivity contribution in [3.05, 3.63) is 181 Å². The second kappa shape index (κ2) is 12.4. The van der Waals surface area contributed by atoms with Crippen LogP contribution in [-0.4, -0.2) is 22.4 Å². The van der Waals surface area contributed by atoms with Gasteiger partial charge in [-0.2, -0.15) is 0 Å². The first-order chi connectivity index (χ1) is 25.8. The molecule has 0 aliphatic rings. The molecule has 0 aliphatic carbocycles. The monoisotopic (exact) mass is 662 g/mol. The van der Waals surface area contributed by atoms with E-state index < -0.39 is 0 Å². The van der Waals surface area contributed by atoms with Crippen molar-refractivity contribution in [2.24, 2.45) is 9.98 Å². The molecule has 2 heterocycles. The quantitative estimate of drug-likeness (QED) is 0.136. The van der Waals surface area contributed by atoms with Crippen LogP contribution in [0, 0.1) is 0 Å². The summed E-state index contributed by atoms with van der Waals surface area (Å²) in [5, 5.41) is 11.3. The van der Waals surface area contributed by atoms with E-state index in [1.54, 1.807) is 0 Å². The molecule has 242 valence electrons. The van der Waals surface area contributed by atoms with Gasteiger partial charge in [-0.25, -0.2) is 9.97 Å². The number of nitrogens with zero attached hydrogens (tertiary/aromatic N) is 4. The highest BCUT2D eigenvalue weighted by Crippen LogP contribution is 2.45. The molecule has 52 heavy (non-hydrogen) atoms. The van der Waals surface area contributed by atoms with Gasteiger partial charge < -0.3 is 0 Å². The molecule has 0 unspecified atom stereocenters. The highest BCUT2D eigenvalue weighted by molar-refractivity contribution is 6.14. The van der Waals surface area contributed by atoms with Crippen LogP contribution in [0.5, 0.6) is 0 Å². The summed E-state index contributed by atoms with van der Waals surface area (Å²) in [6.07, 6.45) is 3.76. The van der Waals surface area contributed by atoms with Gasteiger partial charge in [-0.15, -0.1) is 0 Å². The van der Waals surface area contributed by atoms with E-state index in [-0.39, 0.29) is 0 Å². The number of rotatable bonds is 5. The van der Waals surface area contributed by atoms with Gasteiger partial charge in [0.15, 0.2) is 0 Å². The van der Waals surface area contributed by atoms with E-state index in [2.05, 4.69) is 158 Å². The third-order valence-electron chi connectivity index (χ3n) is 9.95. The van der Waals surface area contributed by atoms with Gasteiger partial charge in [0, 0.05) is 32.7 Å². The Hall–Kier alpha value is -7.04. The normalized spacial score (nSPS) is 12.1. The third kappa shape index (κ3) is 5.17. The lowest BCUT2D eigenvalue weighted by molar-refractivity contribution is 1.38. The molecular weight excluding hydrogens is 633 g/mol. The molecule has 4 nitrogen and oxygen atoms in total. The summed E-state index contributed by atoms with van der Waals surface area (Å²) in [5.74, 6) is 0. The summed E-state index contributed by atoms with van der Waals surface area (Å²) in [5.41, 5.74) is 7.30. The maximum atomic E-state index is 5.17. The van der Waals surface area contributed by atoms with Crippen LogP contribution in [0.1, 0.15) is 11.4 Å². The van der Waals surface area contributed by atoms with E-state index in [1.165, 1.54) is 10.8 Å². The summed E-state index contributed by atoms with van der Waals surface area (Å²) in [7, 11) is 0. The smallest absolute Gasteiger partial charge is 0.0820 e. The predicted octanol–water partition coefficient (Wildman–Crippen LogP) is 12.6. The average molecular weight is 663 g/mol. The first kappa shape index (κ1) is 29.8. The van der Waals surface area contributed by atoms with Gasteiger partial charge in [0.2, 0.25) is 0 Å². The van der Waals surface area contributed by atoms with Gasteiger partial charge in [0.05, 0.1) is 46.2 Å². The number of hydrogen-bond acceptors (Lipinski definition) is 4. The summed E-state index contributed by atoms with van der Waals surface area (Å²) in [6.45, 7) is 0. The molecule has 0 aliphatic heterocycles. The number of benzene rings is 8. The molecule has 10 aromatic rings. The van der Waals surface area contributed by atoms with Crippen LogP contribution in [-0.2, 0) is 0 Å². The minimum absolute atomic E-state index is 0.800. The van der Waals surface area contributed by atoms with Crippen molar-refractivity contribution in [2.75, 3.05) is 0 Å². The molecule has 0 atom stereocenters. The lowest BCUT2D eigenvalue weighted by Crippen LogP contribution is -1.92. The Labute approximate surface area is 300 Å². The molecule has 0 spiro atoms. The van der Waals surface area contributed by atoms with Crippen molar-refractivity contribution in [1.29, 1.82) is 0 Å². The fourth-order valence-electron chi connectivity index (χ4n) is 7.42. The Balaban J connectivity index is 1.15. The van der Waals surface area contributed by atoms with E-state index in [0.29, 0.717) is 0 Å². The largest absolute Gasteiger partial charge is 0.254 e. The number of hydrogen-bond donors (Lipinski definition) is 0. The van der Waals surface area contributed by atoms with Crippen LogP contribution in [0.2, 0.25) is 0 Å². The maximum Gasteiger partial charge on any atom is 0.0820 e. The Morgan fingerprint density at radius 3 is 1.08 bits per heavy atom. The molecule has 0 fully saturated rings. The van der Waals surface area contributed by atoms with Gasteiger partial charge in [0.1, 0.15) is 0 Å². The van der Waals surface area contributed by atoms with Gasteiger partial charge in [-0.05, 0) is 56.6 Å². The van der Waals surface area contributed by atoms with Crippen molar-refractivity contribution in [3.63, 3.8) is 0 Å². The number of fused-ring (bicyclic) bond motifs is 8. The minimum atomic E-state index is 0.800. The van der Waals surface area contributed by atoms with Gasteiger partial charge in [-0.1, -0.05) is 146 Å². The van der Waals surface area contributed by atoms with Gasteiger partial charge in [0.25, 0.3) is 0 Å². The molecule has 0 bridgehead atoms. The zero-order valence-corrected chi connectivity index (χ0v) is 28.1. The molecule has 0 radical (unpaired) electrons. The van der Waals surface area contributed by atoms with Crippen molar-refractivity contribution in [1.82, 2.24) is 9.97 Å². The average Bonchev–Trinajstić information content (AvgIpc) is 3.21. The van der Waals surface area contributed by atoms with Crippen molar-refractivity contribution in [3.8, 4) is 11.1 Å². The lowest BCUT2D eigenvalue weighted by Gasteiger charge is -2.16. The molecular formula is C48H30N4. The van der Waals surface area contributed by atoms with Crippen LogP contribution in [0.3, 0.4) is 0 Å². The molecule has 8 aromatic carbocycles. The second-order valence-electron chi connectivity index (χ2n) is 13.1. The van der Waals surface area contributed by atoms with Crippen molar-refractivity contribution in [2.45, 2.75) is 0 Å². The molecule has 0 saturated carbocycles. The summed E-state index contributed by atoms with van der Waals surface area (Å²) >= 11 is 0. The second-order valence-corrected chi connectivity index (χ2v) is 13.1. The maximum absolute atomic E-state index is 5.17. The highest BCUT2D eigenvalue weighted by Gasteiger charge is 2.17. The third-order valence-corrected chi connectivity index (χ3v) is 9.95. The van der Waals surface area contributed by atoms with Crippen LogP contribution >= 0.6 is 0 Å². The van der Waals surface area contributed by atoms with Crippen LogP contribution in [0.15, 0.2) is 180 Å². The van der Waals surface area contributed by atoms with E-state index in [9.17, 15) is 0 Å². The standard InChI is InChI=1S/C48H30N4/c1-5-13-39-31(9-1)23-27-43(49-29-37-25-21-35-19-17-33-11-3-7-15-41(33)47(35)51-37)45(39)46-40-14-6-2-10-32(40)24-28-44(46)50-30-38-26-22-36-20-18-34-12-4-8-16-42(34)48(36)52-38/h1-30H. The van der Waals surface area contributed by atoms with Crippen LogP contribution in [0.25, 0.3) is 76.0 Å². The lowest BCUT2D eigenvalue weighted by atomic mass is 9.91. The van der Waals surface area contributed by atoms with Gasteiger partial charge >= 0.3 is 0 Å². The summed E-state index contributed by atoms with van der Waals surface area (Å²) < 4.78 is 0. The van der Waals surface area contributed by atoms with Gasteiger partial charge in [-0.3, -0.25) is 9.98 Å². The molecule has 10 rings (SSSR count). The Bertz CT molecular complexity index is 2880. The van der Waals surface area contributed by atoms with E-state index >= 15 is 0 Å². The van der Waals surface area contributed by atoms with E-state index in [0.717, 1.165) is 88.0 Å². The number of pyridine rings is 2. The molecule has 0 N–H and O–H groups in total. The molecule has 4 heteroatoms. The summed E-state index contributed by atoms with van der Waals surface area (Å²) in [4.78, 5) is 20.5. The Morgan fingerprint density at radius 2 is 0.635 bits per heavy atom. The van der Waals surface area contributed by atoms with Crippen LogP contribution < -0.4 is 0 Å². The van der Waals surface area contributed by atoms with Crippen LogP contribution in [0.4, 0.5) is 11.4 Å². The first-order valence-electron chi connectivity index (χ1n) is 17.5. The molecule has 0 saturated heterocycles. The molecule has 2 aromatic heterocycles. The van der Waals surface area contributed by atoms with E-state index in [4.69, 9.17) is 20.0 Å². The van der Waals surface area contributed by atoms with Crippen molar-refractivity contribution >= 4 is 88.7 Å². The first-order valence-corrected chi connectivity index (χ1v) is 17.5. The SMILES string of the molecule is C(=Nc1ccc2ccccc2c1-c1c(N=Cc2ccc3ccc4ccccc4c3n2)ccc2ccccc12)c1ccc2ccc3ccccc3c2n1. The number of aromatic nitrogens is 2. The zero-order valence-electron chi connectivity index (χ0n) is 28.1. The molecule has 0 amide bonds. The highest BCUT2D eigenvalue weighted by atomic mass is 14.8. The van der Waals surface area contributed by atoms with Crippen molar-refractivity contribution < 1.29 is 0 Å². The predicted molar refractivity (Wildman–Crippen MR) is 220 cm³/mol. The fraction of sp³-hybridized carbons (Fsp3) is 0. The van der Waals surface area contributed by atoms with E-state index in [1.807, 2.05) is 24.6 Å².